The average molecular weight is 522 g/mol. The second-order valence-electron chi connectivity index (χ2n) is 9.26. The molecule has 8 rings (SSSR count). The van der Waals surface area contributed by atoms with E-state index in [2.05, 4.69) is 97.1 Å². The summed E-state index contributed by atoms with van der Waals surface area (Å²) in [5, 5.41) is 4.99. The molecule has 3 nitrogen and oxygen atoms in total. The molecule has 5 heteroatoms. The highest BCUT2D eigenvalue weighted by Gasteiger charge is 2.17. The quantitative estimate of drug-likeness (QED) is 0.232. The molecule has 5 aromatic carbocycles. The number of fused-ring (bicyclic) bond motifs is 6. The van der Waals surface area contributed by atoms with Crippen LogP contribution in [0.2, 0.25) is 0 Å². The number of hydrogen-bond acceptors (Lipinski definition) is 5. The Morgan fingerprint density at radius 1 is 0.395 bits per heavy atom. The molecule has 0 aliphatic carbocycles. The Hall–Kier alpha value is -4.45. The minimum atomic E-state index is 0.679. The van der Waals surface area contributed by atoms with Gasteiger partial charge in [0.15, 0.2) is 17.5 Å². The van der Waals surface area contributed by atoms with E-state index in [-0.39, 0.29) is 0 Å². The molecule has 0 N–H and O–H groups in total. The smallest absolute Gasteiger partial charge is 0.164 e. The molecule has 0 bridgehead atoms. The van der Waals surface area contributed by atoms with Crippen molar-refractivity contribution < 1.29 is 0 Å². The topological polar surface area (TPSA) is 38.7 Å². The number of aromatic nitrogens is 3. The molecule has 38 heavy (non-hydrogen) atoms. The lowest BCUT2D eigenvalue weighted by Crippen LogP contribution is -2.00. The van der Waals surface area contributed by atoms with E-state index in [1.54, 1.807) is 22.7 Å². The molecule has 0 unspecified atom stereocenters. The van der Waals surface area contributed by atoms with Crippen molar-refractivity contribution in [2.45, 2.75) is 0 Å². The van der Waals surface area contributed by atoms with Crippen molar-refractivity contribution in [3.8, 4) is 34.2 Å². The van der Waals surface area contributed by atoms with E-state index in [9.17, 15) is 0 Å². The van der Waals surface area contributed by atoms with Gasteiger partial charge >= 0.3 is 0 Å². The molecule has 8 aromatic rings. The van der Waals surface area contributed by atoms with Crippen LogP contribution >= 0.6 is 22.7 Å². The number of benzene rings is 5. The van der Waals surface area contributed by atoms with Gasteiger partial charge in [-0.15, -0.1) is 22.7 Å². The summed E-state index contributed by atoms with van der Waals surface area (Å²) in [5.41, 5.74) is 3.00. The lowest BCUT2D eigenvalue weighted by molar-refractivity contribution is 1.08. The first-order valence-electron chi connectivity index (χ1n) is 12.5. The lowest BCUT2D eigenvalue weighted by Gasteiger charge is -2.09. The van der Waals surface area contributed by atoms with Crippen molar-refractivity contribution in [1.29, 1.82) is 0 Å². The summed E-state index contributed by atoms with van der Waals surface area (Å²) in [4.78, 5) is 15.1. The van der Waals surface area contributed by atoms with Gasteiger partial charge in [0.1, 0.15) is 0 Å². The van der Waals surface area contributed by atoms with Crippen LogP contribution in [-0.2, 0) is 0 Å². The minimum Gasteiger partial charge on any atom is -0.208 e. The van der Waals surface area contributed by atoms with E-state index in [0.29, 0.717) is 17.5 Å². The van der Waals surface area contributed by atoms with Gasteiger partial charge in [0.25, 0.3) is 0 Å². The monoisotopic (exact) mass is 521 g/mol. The highest BCUT2D eigenvalue weighted by atomic mass is 32.1. The van der Waals surface area contributed by atoms with Crippen molar-refractivity contribution in [3.63, 3.8) is 0 Å². The van der Waals surface area contributed by atoms with Gasteiger partial charge in [-0.2, -0.15) is 0 Å². The van der Waals surface area contributed by atoms with Crippen LogP contribution in [0.25, 0.3) is 74.5 Å². The standard InChI is InChI=1S/C33H19N3S2/c1-2-9-20(10-3-1)31-34-32(21-17-18-23-22-11-4-6-14-26(22)38-29(23)19-21)36-33(35-31)25-13-8-16-28-30(25)24-12-5-7-15-27(24)37-28/h1-19H. The van der Waals surface area contributed by atoms with E-state index < -0.39 is 0 Å². The minimum absolute atomic E-state index is 0.679. The average Bonchev–Trinajstić information content (AvgIpc) is 3.55. The van der Waals surface area contributed by atoms with Gasteiger partial charge in [-0.05, 0) is 24.3 Å². The number of hydrogen-bond donors (Lipinski definition) is 0. The summed E-state index contributed by atoms with van der Waals surface area (Å²) in [6.45, 7) is 0. The van der Waals surface area contributed by atoms with E-state index in [1.165, 1.54) is 40.3 Å². The molecule has 0 spiro atoms. The third-order valence-corrected chi connectivity index (χ3v) is 9.22. The van der Waals surface area contributed by atoms with Crippen LogP contribution in [0.5, 0.6) is 0 Å². The predicted octanol–water partition coefficient (Wildman–Crippen LogP) is 9.61. The zero-order chi connectivity index (χ0) is 25.1. The summed E-state index contributed by atoms with van der Waals surface area (Å²) in [6, 6.07) is 40.2. The van der Waals surface area contributed by atoms with Gasteiger partial charge in [0.2, 0.25) is 0 Å². The Kier molecular flexibility index (Phi) is 4.87. The second kappa shape index (κ2) is 8.55. The first kappa shape index (κ1) is 21.6. The Balaban J connectivity index is 1.39. The van der Waals surface area contributed by atoms with E-state index in [1.807, 2.05) is 18.2 Å². The summed E-state index contributed by atoms with van der Waals surface area (Å²) in [7, 11) is 0. The first-order valence-corrected chi connectivity index (χ1v) is 14.1. The zero-order valence-electron chi connectivity index (χ0n) is 20.1. The second-order valence-corrected chi connectivity index (χ2v) is 11.4. The van der Waals surface area contributed by atoms with Gasteiger partial charge in [0, 0.05) is 57.0 Å². The largest absolute Gasteiger partial charge is 0.208 e. The summed E-state index contributed by atoms with van der Waals surface area (Å²) in [5.74, 6) is 2.06. The number of rotatable bonds is 3. The maximum absolute atomic E-state index is 5.08. The predicted molar refractivity (Wildman–Crippen MR) is 162 cm³/mol. The SMILES string of the molecule is c1ccc(-c2nc(-c3ccc4c(c3)sc3ccccc34)nc(-c3cccc4sc5ccccc5c34)n2)cc1. The van der Waals surface area contributed by atoms with Crippen LogP contribution in [-0.4, -0.2) is 15.0 Å². The number of nitrogens with zero attached hydrogens (tertiary/aromatic N) is 3. The van der Waals surface area contributed by atoms with Gasteiger partial charge in [-0.3, -0.25) is 0 Å². The molecule has 0 radical (unpaired) electrons. The van der Waals surface area contributed by atoms with Crippen LogP contribution in [0.3, 0.4) is 0 Å². The Labute approximate surface area is 226 Å². The third-order valence-electron chi connectivity index (χ3n) is 6.95. The van der Waals surface area contributed by atoms with Gasteiger partial charge in [0.05, 0.1) is 0 Å². The highest BCUT2D eigenvalue weighted by molar-refractivity contribution is 7.26. The molecule has 3 aromatic heterocycles. The first-order chi connectivity index (χ1) is 18.8. The van der Waals surface area contributed by atoms with Crippen LogP contribution in [0, 0.1) is 0 Å². The fourth-order valence-electron chi connectivity index (χ4n) is 5.17. The Morgan fingerprint density at radius 3 is 1.84 bits per heavy atom. The molecule has 0 saturated carbocycles. The lowest BCUT2D eigenvalue weighted by atomic mass is 10.1. The Bertz CT molecular complexity index is 2140. The molecule has 178 valence electrons. The van der Waals surface area contributed by atoms with Crippen LogP contribution in [0.15, 0.2) is 115 Å². The van der Waals surface area contributed by atoms with Gasteiger partial charge in [-0.25, -0.2) is 15.0 Å². The third kappa shape index (κ3) is 3.44. The summed E-state index contributed by atoms with van der Waals surface area (Å²) < 4.78 is 5.02. The van der Waals surface area contributed by atoms with Gasteiger partial charge in [-0.1, -0.05) is 91.0 Å². The maximum Gasteiger partial charge on any atom is 0.164 e. The van der Waals surface area contributed by atoms with Crippen LogP contribution in [0.1, 0.15) is 0 Å². The van der Waals surface area contributed by atoms with E-state index in [0.717, 1.165) is 16.7 Å². The molecule has 0 aliphatic heterocycles. The molecule has 0 amide bonds. The Morgan fingerprint density at radius 2 is 1.00 bits per heavy atom. The molecular weight excluding hydrogens is 503 g/mol. The highest BCUT2D eigenvalue weighted by Crippen LogP contribution is 2.40. The van der Waals surface area contributed by atoms with Crippen molar-refractivity contribution >= 4 is 63.0 Å². The molecule has 0 saturated heterocycles. The summed E-state index contributed by atoms with van der Waals surface area (Å²) in [6.07, 6.45) is 0. The zero-order valence-corrected chi connectivity index (χ0v) is 21.8. The fraction of sp³-hybridized carbons (Fsp3) is 0. The van der Waals surface area contributed by atoms with E-state index in [4.69, 9.17) is 15.0 Å². The van der Waals surface area contributed by atoms with Crippen molar-refractivity contribution in [2.24, 2.45) is 0 Å². The van der Waals surface area contributed by atoms with Crippen molar-refractivity contribution in [1.82, 2.24) is 15.0 Å². The summed E-state index contributed by atoms with van der Waals surface area (Å²) >= 11 is 3.61. The molecule has 0 aliphatic rings. The van der Waals surface area contributed by atoms with Crippen LogP contribution < -0.4 is 0 Å². The molecular formula is C33H19N3S2. The van der Waals surface area contributed by atoms with Crippen molar-refractivity contribution in [2.75, 3.05) is 0 Å². The molecule has 3 heterocycles. The maximum atomic E-state index is 5.08. The van der Waals surface area contributed by atoms with Crippen molar-refractivity contribution in [3.05, 3.63) is 115 Å². The molecule has 0 fully saturated rings. The van der Waals surface area contributed by atoms with Crippen LogP contribution in [0.4, 0.5) is 0 Å². The number of thiophene rings is 2. The van der Waals surface area contributed by atoms with Gasteiger partial charge < -0.3 is 0 Å². The molecule has 0 atom stereocenters. The van der Waals surface area contributed by atoms with E-state index >= 15 is 0 Å². The fourth-order valence-corrected chi connectivity index (χ4v) is 7.45. The normalized spacial score (nSPS) is 11.7.